The van der Waals surface area contributed by atoms with Crippen LogP contribution in [0.25, 0.3) is 10.9 Å². The minimum Gasteiger partial charge on any atom is -0.361 e. The van der Waals surface area contributed by atoms with Crippen LogP contribution in [-0.4, -0.2) is 23.6 Å². The van der Waals surface area contributed by atoms with Crippen molar-refractivity contribution >= 4 is 10.9 Å². The number of pyridine rings is 1. The maximum atomic E-state index is 4.38. The summed E-state index contributed by atoms with van der Waals surface area (Å²) in [6.45, 7) is 2.13. The monoisotopic (exact) mass is 266 g/mol. The maximum absolute atomic E-state index is 4.38. The molecule has 0 aliphatic carbocycles. The normalized spacial score (nSPS) is 12.7. The summed E-state index contributed by atoms with van der Waals surface area (Å²) in [4.78, 5) is 9.22. The number of rotatable bonds is 5. The minimum atomic E-state index is 1.02. The van der Waals surface area contributed by atoms with Gasteiger partial charge < -0.3 is 9.88 Å². The lowest BCUT2D eigenvalue weighted by molar-refractivity contribution is -0.893. The second-order valence-electron chi connectivity index (χ2n) is 5.31. The third kappa shape index (κ3) is 2.89. The van der Waals surface area contributed by atoms with Crippen molar-refractivity contribution in [1.29, 1.82) is 0 Å². The molecule has 3 heteroatoms. The van der Waals surface area contributed by atoms with Gasteiger partial charge in [0.25, 0.3) is 0 Å². The largest absolute Gasteiger partial charge is 0.361 e. The number of fused-ring (bicyclic) bond motifs is 1. The third-order valence-electron chi connectivity index (χ3n) is 3.70. The molecule has 1 aromatic carbocycles. The summed E-state index contributed by atoms with van der Waals surface area (Å²) in [5.74, 6) is 0. The highest BCUT2D eigenvalue weighted by molar-refractivity contribution is 5.82. The van der Waals surface area contributed by atoms with Crippen LogP contribution >= 0.6 is 0 Å². The summed E-state index contributed by atoms with van der Waals surface area (Å²) in [5, 5.41) is 1.34. The molecular formula is C17H20N3+. The van der Waals surface area contributed by atoms with Crippen molar-refractivity contribution in [2.45, 2.75) is 13.0 Å². The molecule has 0 bridgehead atoms. The van der Waals surface area contributed by atoms with Gasteiger partial charge in [0.2, 0.25) is 0 Å². The first kappa shape index (κ1) is 12.9. The molecule has 3 aromatic rings. The number of hydrogen-bond acceptors (Lipinski definition) is 1. The number of quaternary nitrogens is 1. The van der Waals surface area contributed by atoms with E-state index in [9.17, 15) is 0 Å². The first-order valence-corrected chi connectivity index (χ1v) is 7.09. The fraction of sp³-hybridized carbons (Fsp3) is 0.235. The molecule has 0 saturated heterocycles. The maximum Gasteiger partial charge on any atom is 0.105 e. The Labute approximate surface area is 119 Å². The second kappa shape index (κ2) is 5.88. The van der Waals surface area contributed by atoms with Crippen LogP contribution in [0.3, 0.4) is 0 Å². The molecule has 2 aromatic heterocycles. The lowest BCUT2D eigenvalue weighted by atomic mass is 10.1. The Morgan fingerprint density at radius 2 is 1.95 bits per heavy atom. The number of nitrogens with zero attached hydrogens (tertiary/aromatic N) is 1. The number of H-pyrrole nitrogens is 1. The van der Waals surface area contributed by atoms with Gasteiger partial charge in [-0.1, -0.05) is 24.3 Å². The van der Waals surface area contributed by atoms with E-state index in [0.717, 1.165) is 19.5 Å². The predicted molar refractivity (Wildman–Crippen MR) is 81.7 cm³/mol. The Morgan fingerprint density at radius 3 is 2.80 bits per heavy atom. The minimum absolute atomic E-state index is 1.02. The molecule has 2 N–H and O–H groups in total. The van der Waals surface area contributed by atoms with Crippen LogP contribution in [0.1, 0.15) is 11.3 Å². The van der Waals surface area contributed by atoms with Gasteiger partial charge >= 0.3 is 0 Å². The zero-order chi connectivity index (χ0) is 13.8. The Bertz CT molecular complexity index is 673. The Morgan fingerprint density at radius 1 is 1.10 bits per heavy atom. The number of nitrogens with one attached hydrogen (secondary N) is 2. The fourth-order valence-electron chi connectivity index (χ4n) is 2.58. The molecule has 0 saturated carbocycles. The van der Waals surface area contributed by atoms with E-state index in [-0.39, 0.29) is 0 Å². The number of hydrogen-bond donors (Lipinski definition) is 2. The second-order valence-corrected chi connectivity index (χ2v) is 5.31. The van der Waals surface area contributed by atoms with Crippen molar-refractivity contribution in [3.63, 3.8) is 0 Å². The molecule has 102 valence electrons. The highest BCUT2D eigenvalue weighted by Crippen LogP contribution is 2.16. The number of benzene rings is 1. The molecular weight excluding hydrogens is 246 g/mol. The van der Waals surface area contributed by atoms with Crippen molar-refractivity contribution in [2.24, 2.45) is 0 Å². The average Bonchev–Trinajstić information content (AvgIpc) is 2.90. The molecule has 0 radical (unpaired) electrons. The van der Waals surface area contributed by atoms with Crippen molar-refractivity contribution < 1.29 is 4.90 Å². The van der Waals surface area contributed by atoms with Gasteiger partial charge in [0.05, 0.1) is 13.6 Å². The van der Waals surface area contributed by atoms with Crippen LogP contribution in [0.5, 0.6) is 0 Å². The molecule has 0 aliphatic rings. The van der Waals surface area contributed by atoms with Crippen molar-refractivity contribution in [1.82, 2.24) is 9.97 Å². The molecule has 0 fully saturated rings. The number of aromatic nitrogens is 2. The van der Waals surface area contributed by atoms with Gasteiger partial charge in [0.15, 0.2) is 0 Å². The zero-order valence-corrected chi connectivity index (χ0v) is 11.8. The quantitative estimate of drug-likeness (QED) is 0.725. The predicted octanol–water partition coefficient (Wildman–Crippen LogP) is 1.82. The standard InChI is InChI=1S/C17H19N3/c1-20(11-9-15-6-4-5-10-18-15)13-14-12-19-17-8-3-2-7-16(14)17/h2-8,10,12,19H,9,11,13H2,1H3/p+1. The van der Waals surface area contributed by atoms with E-state index < -0.39 is 0 Å². The molecule has 3 nitrogen and oxygen atoms in total. The van der Waals surface area contributed by atoms with Crippen LogP contribution in [0.4, 0.5) is 0 Å². The van der Waals surface area contributed by atoms with Crippen LogP contribution in [0.2, 0.25) is 0 Å². The summed E-state index contributed by atoms with van der Waals surface area (Å²) in [7, 11) is 2.24. The number of para-hydroxylation sites is 1. The number of likely N-dealkylation sites (N-methyl/N-ethyl adjacent to an activating group) is 1. The summed E-state index contributed by atoms with van der Waals surface area (Å²) in [5.41, 5.74) is 3.78. The van der Waals surface area contributed by atoms with E-state index in [1.54, 1.807) is 0 Å². The van der Waals surface area contributed by atoms with E-state index in [1.807, 2.05) is 12.3 Å². The van der Waals surface area contributed by atoms with E-state index in [1.165, 1.54) is 27.1 Å². The zero-order valence-electron chi connectivity index (χ0n) is 11.8. The van der Waals surface area contributed by atoms with E-state index in [0.29, 0.717) is 0 Å². The first-order valence-electron chi connectivity index (χ1n) is 7.09. The molecule has 0 amide bonds. The Balaban J connectivity index is 1.63. The highest BCUT2D eigenvalue weighted by atomic mass is 15.1. The van der Waals surface area contributed by atoms with E-state index in [4.69, 9.17) is 0 Å². The average molecular weight is 266 g/mol. The van der Waals surface area contributed by atoms with Crippen LogP contribution in [0, 0.1) is 0 Å². The summed E-state index contributed by atoms with van der Waals surface area (Å²) in [6, 6.07) is 14.6. The topological polar surface area (TPSA) is 33.1 Å². The van der Waals surface area contributed by atoms with Crippen molar-refractivity contribution in [2.75, 3.05) is 13.6 Å². The van der Waals surface area contributed by atoms with Crippen molar-refractivity contribution in [3.05, 3.63) is 66.1 Å². The Kier molecular flexibility index (Phi) is 3.79. The van der Waals surface area contributed by atoms with Gasteiger partial charge in [-0.05, 0) is 18.2 Å². The SMILES string of the molecule is C[NH+](CCc1ccccn1)Cc1c[nH]c2ccccc12. The molecule has 3 rings (SSSR count). The van der Waals surface area contributed by atoms with Crippen LogP contribution in [-0.2, 0) is 13.0 Å². The first-order chi connectivity index (χ1) is 9.83. The van der Waals surface area contributed by atoms with Gasteiger partial charge in [-0.25, -0.2) is 0 Å². The van der Waals surface area contributed by atoms with E-state index in [2.05, 4.69) is 59.6 Å². The lowest BCUT2D eigenvalue weighted by Gasteiger charge is -2.13. The molecule has 1 unspecified atom stereocenters. The molecule has 20 heavy (non-hydrogen) atoms. The third-order valence-corrected chi connectivity index (χ3v) is 3.70. The summed E-state index contributed by atoms with van der Waals surface area (Å²) in [6.07, 6.45) is 5.02. The smallest absolute Gasteiger partial charge is 0.105 e. The summed E-state index contributed by atoms with van der Waals surface area (Å²) < 4.78 is 0. The molecule has 1 atom stereocenters. The van der Waals surface area contributed by atoms with Gasteiger partial charge in [-0.15, -0.1) is 0 Å². The van der Waals surface area contributed by atoms with Crippen molar-refractivity contribution in [3.8, 4) is 0 Å². The molecule has 0 aliphatic heterocycles. The molecule has 2 heterocycles. The van der Waals surface area contributed by atoms with Gasteiger partial charge in [-0.2, -0.15) is 0 Å². The van der Waals surface area contributed by atoms with Gasteiger partial charge in [0, 0.05) is 41.0 Å². The van der Waals surface area contributed by atoms with Crippen LogP contribution < -0.4 is 4.90 Å². The number of aromatic amines is 1. The van der Waals surface area contributed by atoms with Gasteiger partial charge in [0.1, 0.15) is 6.54 Å². The summed E-state index contributed by atoms with van der Waals surface area (Å²) >= 11 is 0. The van der Waals surface area contributed by atoms with Gasteiger partial charge in [-0.3, -0.25) is 4.98 Å². The Hall–Kier alpha value is -2.13. The lowest BCUT2D eigenvalue weighted by Crippen LogP contribution is -3.07. The van der Waals surface area contributed by atoms with E-state index >= 15 is 0 Å². The fourth-order valence-corrected chi connectivity index (χ4v) is 2.58. The molecule has 0 spiro atoms. The highest BCUT2D eigenvalue weighted by Gasteiger charge is 2.09. The van der Waals surface area contributed by atoms with Crippen LogP contribution in [0.15, 0.2) is 54.9 Å².